The van der Waals surface area contributed by atoms with E-state index in [-0.39, 0.29) is 5.54 Å². The Hall–Kier alpha value is -0.550. The summed E-state index contributed by atoms with van der Waals surface area (Å²) in [5.41, 5.74) is 0.214. The molecule has 0 saturated carbocycles. The van der Waals surface area contributed by atoms with E-state index >= 15 is 0 Å². The molecule has 0 radical (unpaired) electrons. The number of hydrogen-bond acceptors (Lipinski definition) is 3. The molecule has 4 nitrogen and oxygen atoms in total. The van der Waals surface area contributed by atoms with E-state index in [0.29, 0.717) is 23.9 Å². The third-order valence-corrected chi connectivity index (χ3v) is 6.58. The molecule has 0 amide bonds. The number of likely N-dealkylation sites (tertiary alicyclic amines) is 1. The Bertz CT molecular complexity index is 524. The van der Waals surface area contributed by atoms with Gasteiger partial charge in [-0.25, -0.2) is 10.0 Å². The molecule has 1 aromatic rings. The van der Waals surface area contributed by atoms with Crippen LogP contribution < -0.4 is 0 Å². The van der Waals surface area contributed by atoms with Crippen LogP contribution in [0.5, 0.6) is 0 Å². The first-order valence-corrected chi connectivity index (χ1v) is 11.6. The topological polar surface area (TPSA) is 34.0 Å². The van der Waals surface area contributed by atoms with E-state index in [1.807, 2.05) is 0 Å². The maximum Gasteiger partial charge on any atom is 0.121 e. The minimum atomic E-state index is -0.792. The highest BCUT2D eigenvalue weighted by molar-refractivity contribution is 8.32. The zero-order valence-corrected chi connectivity index (χ0v) is 17.3. The van der Waals surface area contributed by atoms with Gasteiger partial charge in [0.1, 0.15) is 5.03 Å². The Kier molecular flexibility index (Phi) is 5.22. The molecule has 0 bridgehead atoms. The Labute approximate surface area is 144 Å². The van der Waals surface area contributed by atoms with E-state index in [1.54, 1.807) is 0 Å². The molecule has 3 atom stereocenters. The highest BCUT2D eigenvalue weighted by Crippen LogP contribution is 2.43. The van der Waals surface area contributed by atoms with Crippen LogP contribution in [0.1, 0.15) is 48.0 Å². The van der Waals surface area contributed by atoms with E-state index in [1.165, 1.54) is 6.42 Å². The third kappa shape index (κ3) is 4.11. The van der Waals surface area contributed by atoms with Crippen molar-refractivity contribution in [3.63, 3.8) is 0 Å². The second kappa shape index (κ2) is 6.40. The Morgan fingerprint density at radius 1 is 1.26 bits per heavy atom. The van der Waals surface area contributed by atoms with Gasteiger partial charge in [0, 0.05) is 24.2 Å². The molecular formula is C18H36N4S. The monoisotopic (exact) mass is 340 g/mol. The molecule has 2 rings (SSSR count). The molecule has 0 N–H and O–H groups in total. The molecule has 0 aliphatic carbocycles. The summed E-state index contributed by atoms with van der Waals surface area (Å²) < 4.78 is 2.08. The van der Waals surface area contributed by atoms with E-state index in [4.69, 9.17) is 0 Å². The minimum absolute atomic E-state index is 0.214. The zero-order chi connectivity index (χ0) is 17.6. The number of rotatable bonds is 4. The number of nitrogens with zero attached hydrogens (tertiary/aromatic N) is 4. The van der Waals surface area contributed by atoms with Gasteiger partial charge >= 0.3 is 0 Å². The van der Waals surface area contributed by atoms with Crippen molar-refractivity contribution in [2.75, 3.05) is 18.8 Å². The molecule has 0 aromatic carbocycles. The minimum Gasteiger partial charge on any atom is -0.292 e. The lowest BCUT2D eigenvalue weighted by Crippen LogP contribution is -2.50. The summed E-state index contributed by atoms with van der Waals surface area (Å²) in [5.74, 6) is 1.33. The summed E-state index contributed by atoms with van der Waals surface area (Å²) in [5, 5.41) is 9.98. The molecule has 5 heteroatoms. The molecular weight excluding hydrogens is 304 g/mol. The highest BCUT2D eigenvalue weighted by Gasteiger charge is 2.44. The van der Waals surface area contributed by atoms with E-state index in [2.05, 4.69) is 86.4 Å². The van der Waals surface area contributed by atoms with Crippen LogP contribution in [-0.4, -0.2) is 56.3 Å². The fourth-order valence-corrected chi connectivity index (χ4v) is 4.69. The second-order valence-corrected chi connectivity index (χ2v) is 13.3. The zero-order valence-electron chi connectivity index (χ0n) is 16.5. The molecule has 0 spiro atoms. The Morgan fingerprint density at radius 3 is 2.26 bits per heavy atom. The van der Waals surface area contributed by atoms with Crippen molar-refractivity contribution < 1.29 is 0 Å². The number of hydrogen-bond donors (Lipinski definition) is 0. The normalized spacial score (nSPS) is 27.8. The van der Waals surface area contributed by atoms with Gasteiger partial charge in [-0.05, 0) is 64.7 Å². The average Bonchev–Trinajstić information content (AvgIpc) is 2.94. The summed E-state index contributed by atoms with van der Waals surface area (Å²) in [6, 6.07) is 1.24. The second-order valence-electron chi connectivity index (χ2n) is 9.24. The molecule has 1 fully saturated rings. The fraction of sp³-hybridized carbons (Fsp3) is 0.889. The predicted octanol–water partition coefficient (Wildman–Crippen LogP) is 3.86. The van der Waals surface area contributed by atoms with Gasteiger partial charge < -0.3 is 0 Å². The lowest BCUT2D eigenvalue weighted by molar-refractivity contribution is 0.0555. The first-order valence-electron chi connectivity index (χ1n) is 8.78. The summed E-state index contributed by atoms with van der Waals surface area (Å²) in [4.78, 5) is 2.73. The summed E-state index contributed by atoms with van der Waals surface area (Å²) in [6.45, 7) is 15.1. The van der Waals surface area contributed by atoms with Crippen LogP contribution in [0.3, 0.4) is 0 Å². The van der Waals surface area contributed by atoms with E-state index < -0.39 is 10.0 Å². The van der Waals surface area contributed by atoms with Crippen molar-refractivity contribution in [1.29, 1.82) is 0 Å². The summed E-state index contributed by atoms with van der Waals surface area (Å²) in [6.07, 6.45) is 10.3. The van der Waals surface area contributed by atoms with Crippen molar-refractivity contribution in [3.05, 3.63) is 6.20 Å². The standard InChI is InChI=1S/C18H36N4S/c1-13(2)16-10-15(14(3)22(16)18(4,5)6)11-21-12-17(19-20-21)23(7,8)9/h12-16H,10-11H2,1-9H3/t14-,15-,16?/m1/s1. The van der Waals surface area contributed by atoms with Crippen LogP contribution in [0.4, 0.5) is 0 Å². The van der Waals surface area contributed by atoms with Crippen molar-refractivity contribution in [1.82, 2.24) is 19.9 Å². The van der Waals surface area contributed by atoms with Crippen LogP contribution in [0.15, 0.2) is 11.2 Å². The average molecular weight is 341 g/mol. The van der Waals surface area contributed by atoms with Crippen LogP contribution in [-0.2, 0) is 6.54 Å². The van der Waals surface area contributed by atoms with Gasteiger partial charge in [-0.2, -0.15) is 0 Å². The molecule has 1 aliphatic heterocycles. The molecule has 1 saturated heterocycles. The molecule has 1 aromatic heterocycles. The van der Waals surface area contributed by atoms with Crippen LogP contribution in [0.2, 0.25) is 0 Å². The van der Waals surface area contributed by atoms with Crippen molar-refractivity contribution in [2.24, 2.45) is 11.8 Å². The van der Waals surface area contributed by atoms with Gasteiger partial charge in [-0.3, -0.25) is 9.58 Å². The van der Waals surface area contributed by atoms with Gasteiger partial charge in [-0.1, -0.05) is 19.1 Å². The summed E-state index contributed by atoms with van der Waals surface area (Å²) in [7, 11) is -0.792. The quantitative estimate of drug-likeness (QED) is 0.834. The SMILES string of the molecule is CC(C)C1C[C@H](Cn2cc(S(C)(C)C)nn2)[C@@H](C)N1C(C)(C)C. The molecule has 134 valence electrons. The smallest absolute Gasteiger partial charge is 0.121 e. The predicted molar refractivity (Wildman–Crippen MR) is 101 cm³/mol. The van der Waals surface area contributed by atoms with Crippen molar-refractivity contribution in [3.8, 4) is 0 Å². The molecule has 23 heavy (non-hydrogen) atoms. The third-order valence-electron chi connectivity index (χ3n) is 5.13. The lowest BCUT2D eigenvalue weighted by Gasteiger charge is -2.42. The Morgan fingerprint density at radius 2 is 1.87 bits per heavy atom. The molecule has 2 heterocycles. The fourth-order valence-electron chi connectivity index (χ4n) is 3.97. The first kappa shape index (κ1) is 18.8. The largest absolute Gasteiger partial charge is 0.292 e. The van der Waals surface area contributed by atoms with Gasteiger partial charge in [0.2, 0.25) is 0 Å². The lowest BCUT2D eigenvalue weighted by atomic mass is 9.95. The molecule has 1 aliphatic rings. The maximum absolute atomic E-state index is 4.41. The van der Waals surface area contributed by atoms with Crippen LogP contribution >= 0.6 is 10.0 Å². The van der Waals surface area contributed by atoms with Crippen molar-refractivity contribution >= 4 is 10.0 Å². The highest BCUT2D eigenvalue weighted by atomic mass is 32.3. The van der Waals surface area contributed by atoms with Gasteiger partial charge in [0.05, 0.1) is 6.20 Å². The van der Waals surface area contributed by atoms with Gasteiger partial charge in [0.15, 0.2) is 0 Å². The van der Waals surface area contributed by atoms with Crippen molar-refractivity contribution in [2.45, 2.75) is 77.2 Å². The number of aromatic nitrogens is 3. The Balaban J connectivity index is 2.16. The van der Waals surface area contributed by atoms with Crippen LogP contribution in [0, 0.1) is 11.8 Å². The van der Waals surface area contributed by atoms with Gasteiger partial charge in [0.25, 0.3) is 0 Å². The van der Waals surface area contributed by atoms with E-state index in [9.17, 15) is 0 Å². The first-order chi connectivity index (χ1) is 10.4. The van der Waals surface area contributed by atoms with E-state index in [0.717, 1.165) is 11.6 Å². The van der Waals surface area contributed by atoms with Crippen LogP contribution in [0.25, 0.3) is 0 Å². The summed E-state index contributed by atoms with van der Waals surface area (Å²) >= 11 is 0. The maximum atomic E-state index is 4.41. The van der Waals surface area contributed by atoms with Gasteiger partial charge in [-0.15, -0.1) is 5.10 Å². The molecule has 1 unspecified atom stereocenters.